The maximum Gasteiger partial charge on any atom is 0.420 e. The summed E-state index contributed by atoms with van der Waals surface area (Å²) >= 11 is 5.96. The summed E-state index contributed by atoms with van der Waals surface area (Å²) in [5, 5.41) is 12.2. The number of rotatable bonds is 12. The van der Waals surface area contributed by atoms with Gasteiger partial charge in [0.05, 0.1) is 26.4 Å². The number of carboxylic acids is 1. The Balaban J connectivity index is 1.73. The lowest BCUT2D eigenvalue weighted by atomic mass is 9.91. The number of hydrogen-bond acceptors (Lipinski definition) is 6. The molecule has 4 rings (SSSR count). The van der Waals surface area contributed by atoms with Gasteiger partial charge in [-0.1, -0.05) is 24.6 Å². The zero-order chi connectivity index (χ0) is 32.2. The Morgan fingerprint density at radius 2 is 1.80 bits per heavy atom. The summed E-state index contributed by atoms with van der Waals surface area (Å²) in [6, 6.07) is 9.81. The van der Waals surface area contributed by atoms with Crippen molar-refractivity contribution in [3.63, 3.8) is 0 Å². The first-order chi connectivity index (χ1) is 20.8. The molecule has 2 atom stereocenters. The molecule has 1 unspecified atom stereocenters. The standard InChI is InChI=1S/C31H31ClF4N2O6/c1-17(23-7-6-19(32)12-25(23)33)29(37-20-13-21(42-2)15-22(14-20)44-10-4-5-28(39)40)30(41)38-9-8-18-11-27(43-3)24(16-26(18)38)31(34,35)36/h6-7,11-17,29,37H,4-5,8-10H2,1-3H3,(H,39,40)/t17-,29?/m0/s1. The van der Waals surface area contributed by atoms with Crippen LogP contribution in [0, 0.1) is 5.82 Å². The number of carboxylic acid groups (broad SMARTS) is 1. The van der Waals surface area contributed by atoms with Gasteiger partial charge in [0.15, 0.2) is 0 Å². The first-order valence-corrected chi connectivity index (χ1v) is 14.0. The number of anilines is 2. The van der Waals surface area contributed by atoms with Gasteiger partial charge in [-0.25, -0.2) is 4.39 Å². The van der Waals surface area contributed by atoms with E-state index in [1.807, 2.05) is 0 Å². The minimum Gasteiger partial charge on any atom is -0.497 e. The van der Waals surface area contributed by atoms with E-state index in [-0.39, 0.29) is 48.0 Å². The molecular weight excluding hydrogens is 608 g/mol. The highest BCUT2D eigenvalue weighted by atomic mass is 35.5. The maximum atomic E-state index is 15.1. The Hall–Kier alpha value is -4.19. The van der Waals surface area contributed by atoms with Crippen LogP contribution in [0.4, 0.5) is 28.9 Å². The molecule has 0 fully saturated rings. The summed E-state index contributed by atoms with van der Waals surface area (Å²) in [6.45, 7) is 1.82. The lowest BCUT2D eigenvalue weighted by Crippen LogP contribution is -2.45. The van der Waals surface area contributed by atoms with Crippen molar-refractivity contribution in [3.8, 4) is 17.2 Å². The Bertz CT molecular complexity index is 1530. The predicted octanol–water partition coefficient (Wildman–Crippen LogP) is 6.93. The van der Waals surface area contributed by atoms with Crippen LogP contribution < -0.4 is 24.4 Å². The zero-order valence-electron chi connectivity index (χ0n) is 24.1. The van der Waals surface area contributed by atoms with E-state index in [4.69, 9.17) is 30.9 Å². The number of fused-ring (bicyclic) bond motifs is 1. The highest BCUT2D eigenvalue weighted by Crippen LogP contribution is 2.43. The lowest BCUT2D eigenvalue weighted by molar-refractivity contribution is -0.139. The van der Waals surface area contributed by atoms with Crippen molar-refractivity contribution in [2.45, 2.75) is 44.3 Å². The molecule has 1 heterocycles. The number of benzene rings is 3. The number of hydrogen-bond donors (Lipinski definition) is 2. The molecule has 44 heavy (non-hydrogen) atoms. The minimum absolute atomic E-state index is 0.0882. The van der Waals surface area contributed by atoms with Crippen molar-refractivity contribution in [2.24, 2.45) is 0 Å². The molecule has 0 saturated heterocycles. The van der Waals surface area contributed by atoms with Gasteiger partial charge in [-0.05, 0) is 48.2 Å². The lowest BCUT2D eigenvalue weighted by Gasteiger charge is -2.31. The second-order valence-corrected chi connectivity index (χ2v) is 10.7. The fourth-order valence-electron chi connectivity index (χ4n) is 5.10. The molecule has 13 heteroatoms. The van der Waals surface area contributed by atoms with Crippen LogP contribution in [0.15, 0.2) is 48.5 Å². The van der Waals surface area contributed by atoms with Crippen LogP contribution in [0.3, 0.4) is 0 Å². The molecule has 0 aliphatic carbocycles. The van der Waals surface area contributed by atoms with Gasteiger partial charge < -0.3 is 29.5 Å². The van der Waals surface area contributed by atoms with Crippen molar-refractivity contribution >= 4 is 34.9 Å². The minimum atomic E-state index is -4.73. The molecule has 0 saturated carbocycles. The number of carbonyl (C=O) groups excluding carboxylic acids is 1. The first kappa shape index (κ1) is 32.7. The van der Waals surface area contributed by atoms with Gasteiger partial charge in [0.25, 0.3) is 0 Å². The first-order valence-electron chi connectivity index (χ1n) is 13.7. The van der Waals surface area contributed by atoms with E-state index < -0.39 is 41.4 Å². The second kappa shape index (κ2) is 13.6. The third kappa shape index (κ3) is 7.47. The third-order valence-electron chi connectivity index (χ3n) is 7.33. The van der Waals surface area contributed by atoms with Gasteiger partial charge >= 0.3 is 12.1 Å². The average Bonchev–Trinajstić information content (AvgIpc) is 3.39. The van der Waals surface area contributed by atoms with E-state index in [9.17, 15) is 22.8 Å². The average molecular weight is 639 g/mol. The Morgan fingerprint density at radius 1 is 1.07 bits per heavy atom. The Labute approximate surface area is 256 Å². The molecule has 0 spiro atoms. The number of carbonyl (C=O) groups is 2. The molecule has 236 valence electrons. The van der Waals surface area contributed by atoms with E-state index >= 15 is 4.39 Å². The molecule has 8 nitrogen and oxygen atoms in total. The highest BCUT2D eigenvalue weighted by Gasteiger charge is 2.40. The van der Waals surface area contributed by atoms with Gasteiger partial charge in [0, 0.05) is 53.5 Å². The van der Waals surface area contributed by atoms with Crippen LogP contribution in [-0.4, -0.2) is 50.4 Å². The molecule has 2 N–H and O–H groups in total. The molecule has 3 aromatic rings. The third-order valence-corrected chi connectivity index (χ3v) is 7.56. The van der Waals surface area contributed by atoms with Gasteiger partial charge in [-0.15, -0.1) is 0 Å². The number of ether oxygens (including phenoxy) is 3. The largest absolute Gasteiger partial charge is 0.497 e. The van der Waals surface area contributed by atoms with Crippen molar-refractivity contribution < 1.29 is 46.5 Å². The fourth-order valence-corrected chi connectivity index (χ4v) is 5.26. The topological polar surface area (TPSA) is 97.3 Å². The van der Waals surface area contributed by atoms with Crippen molar-refractivity contribution in [1.82, 2.24) is 0 Å². The van der Waals surface area contributed by atoms with Crippen molar-refractivity contribution in [2.75, 3.05) is 37.6 Å². The fraction of sp³-hybridized carbons (Fsp3) is 0.355. The predicted molar refractivity (Wildman–Crippen MR) is 157 cm³/mol. The van der Waals surface area contributed by atoms with Crippen molar-refractivity contribution in [1.29, 1.82) is 0 Å². The zero-order valence-corrected chi connectivity index (χ0v) is 24.9. The smallest absolute Gasteiger partial charge is 0.420 e. The van der Waals surface area contributed by atoms with Crippen LogP contribution >= 0.6 is 11.6 Å². The number of alkyl halides is 3. The molecule has 1 amide bonds. The molecule has 0 aromatic heterocycles. The number of halogens is 5. The van der Waals surface area contributed by atoms with Crippen LogP contribution in [0.5, 0.6) is 17.2 Å². The van der Waals surface area contributed by atoms with Crippen LogP contribution in [0.2, 0.25) is 5.02 Å². The highest BCUT2D eigenvalue weighted by molar-refractivity contribution is 6.30. The Morgan fingerprint density at radius 3 is 2.43 bits per heavy atom. The summed E-state index contributed by atoms with van der Waals surface area (Å²) in [6.07, 6.45) is -4.27. The van der Waals surface area contributed by atoms with E-state index in [2.05, 4.69) is 5.32 Å². The quantitative estimate of drug-likeness (QED) is 0.164. The summed E-state index contributed by atoms with van der Waals surface area (Å²) in [4.78, 5) is 26.3. The number of aliphatic carboxylic acids is 1. The van der Waals surface area contributed by atoms with Crippen LogP contribution in [0.25, 0.3) is 0 Å². The molecule has 3 aromatic carbocycles. The van der Waals surface area contributed by atoms with E-state index in [1.54, 1.807) is 25.1 Å². The second-order valence-electron chi connectivity index (χ2n) is 10.2. The van der Waals surface area contributed by atoms with Gasteiger partial charge in [-0.3, -0.25) is 9.59 Å². The van der Waals surface area contributed by atoms with E-state index in [1.165, 1.54) is 30.2 Å². The summed E-state index contributed by atoms with van der Waals surface area (Å²) < 4.78 is 72.7. The molecule has 0 radical (unpaired) electrons. The SMILES string of the molecule is COc1cc(NC(C(=O)N2CCc3cc(OC)c(C(F)(F)F)cc32)[C@@H](C)c2ccc(Cl)cc2F)cc(OCCCC(=O)O)c1. The summed E-state index contributed by atoms with van der Waals surface area (Å²) in [7, 11) is 2.57. The molecule has 0 bridgehead atoms. The van der Waals surface area contributed by atoms with Gasteiger partial charge in [0.1, 0.15) is 29.1 Å². The Kier molecular flexibility index (Phi) is 10.1. The van der Waals surface area contributed by atoms with E-state index in [0.29, 0.717) is 29.2 Å². The number of nitrogens with one attached hydrogen (secondary N) is 1. The summed E-state index contributed by atoms with van der Waals surface area (Å²) in [5.41, 5.74) is 0.0930. The molecular formula is C31H31ClF4N2O6. The van der Waals surface area contributed by atoms with E-state index in [0.717, 1.165) is 19.2 Å². The van der Waals surface area contributed by atoms with Gasteiger partial charge in [0.2, 0.25) is 5.91 Å². The normalized spacial score (nSPS) is 14.0. The number of methoxy groups -OCH3 is 2. The summed E-state index contributed by atoms with van der Waals surface area (Å²) in [5.74, 6) is -2.69. The monoisotopic (exact) mass is 638 g/mol. The molecule has 1 aliphatic heterocycles. The van der Waals surface area contributed by atoms with Crippen LogP contribution in [-0.2, 0) is 22.2 Å². The maximum absolute atomic E-state index is 15.1. The number of amides is 1. The van der Waals surface area contributed by atoms with Gasteiger partial charge in [-0.2, -0.15) is 13.2 Å². The van der Waals surface area contributed by atoms with Crippen LogP contribution in [0.1, 0.15) is 42.4 Å². The molecule has 1 aliphatic rings. The van der Waals surface area contributed by atoms with Crippen molar-refractivity contribution in [3.05, 3.63) is 76.1 Å². The number of nitrogens with zero attached hydrogens (tertiary/aromatic N) is 1.